The zero-order valence-electron chi connectivity index (χ0n) is 18.9. The van der Waals surface area contributed by atoms with E-state index in [1.54, 1.807) is 6.20 Å². The third kappa shape index (κ3) is 5.59. The molecule has 2 aromatic heterocycles. The second-order valence-electron chi connectivity index (χ2n) is 7.44. The smallest absolute Gasteiger partial charge is 0.227 e. The summed E-state index contributed by atoms with van der Waals surface area (Å²) in [7, 11) is 1.95. The van der Waals surface area contributed by atoms with E-state index in [0.717, 1.165) is 29.8 Å². The van der Waals surface area contributed by atoms with Gasteiger partial charge in [0.2, 0.25) is 5.95 Å². The van der Waals surface area contributed by atoms with Crippen LogP contribution in [0.2, 0.25) is 0 Å². The molecule has 2 heterocycles. The molecule has 0 saturated heterocycles. The Balaban J connectivity index is 1.84. The van der Waals surface area contributed by atoms with E-state index < -0.39 is 0 Å². The predicted molar refractivity (Wildman–Crippen MR) is 132 cm³/mol. The van der Waals surface area contributed by atoms with Crippen LogP contribution in [0, 0.1) is 0 Å². The number of rotatable bonds is 11. The first-order valence-electron chi connectivity index (χ1n) is 10.8. The fourth-order valence-corrected chi connectivity index (χ4v) is 3.16. The quantitative estimate of drug-likeness (QED) is 0.391. The Morgan fingerprint density at radius 3 is 2.50 bits per heavy atom. The van der Waals surface area contributed by atoms with Gasteiger partial charge in [-0.15, -0.1) is 0 Å². The molecule has 0 aliphatic carbocycles. The van der Waals surface area contributed by atoms with Crippen LogP contribution in [0.3, 0.4) is 0 Å². The lowest BCUT2D eigenvalue weighted by atomic mass is 10.1. The third-order valence-electron chi connectivity index (χ3n) is 5.28. The van der Waals surface area contributed by atoms with E-state index in [1.165, 1.54) is 0 Å². The van der Waals surface area contributed by atoms with E-state index in [1.807, 2.05) is 44.0 Å². The summed E-state index contributed by atoms with van der Waals surface area (Å²) < 4.78 is 0. The highest BCUT2D eigenvalue weighted by Gasteiger charge is 2.18. The van der Waals surface area contributed by atoms with Crippen LogP contribution in [0.4, 0.5) is 23.3 Å². The van der Waals surface area contributed by atoms with Crippen LogP contribution in [0.5, 0.6) is 0 Å². The Bertz CT molecular complexity index is 1000. The van der Waals surface area contributed by atoms with Crippen molar-refractivity contribution in [3.63, 3.8) is 0 Å². The molecule has 0 aliphatic heterocycles. The second-order valence-corrected chi connectivity index (χ2v) is 7.44. The number of hydrogen-bond donors (Lipinski definition) is 3. The van der Waals surface area contributed by atoms with Gasteiger partial charge < -0.3 is 20.6 Å². The number of benzene rings is 1. The van der Waals surface area contributed by atoms with E-state index in [-0.39, 0.29) is 12.6 Å². The Morgan fingerprint density at radius 2 is 1.91 bits per heavy atom. The molecular weight excluding hydrogens is 402 g/mol. The highest BCUT2D eigenvalue weighted by Crippen LogP contribution is 2.34. The van der Waals surface area contributed by atoms with Crippen molar-refractivity contribution >= 4 is 30.0 Å². The van der Waals surface area contributed by atoms with Gasteiger partial charge in [0.15, 0.2) is 11.6 Å². The Hall–Kier alpha value is -3.52. The van der Waals surface area contributed by atoms with Gasteiger partial charge in [-0.05, 0) is 37.8 Å². The normalized spacial score (nSPS) is 11.6. The molecular formula is C24H31N7O. The lowest BCUT2D eigenvalue weighted by Crippen LogP contribution is -2.25. The van der Waals surface area contributed by atoms with Gasteiger partial charge in [-0.3, -0.25) is 9.98 Å². The zero-order chi connectivity index (χ0) is 22.9. The van der Waals surface area contributed by atoms with Crippen LogP contribution in [0.25, 0.3) is 11.3 Å². The van der Waals surface area contributed by atoms with E-state index in [0.29, 0.717) is 29.8 Å². The van der Waals surface area contributed by atoms with Crippen LogP contribution in [0.15, 0.2) is 53.7 Å². The van der Waals surface area contributed by atoms with E-state index in [2.05, 4.69) is 61.6 Å². The van der Waals surface area contributed by atoms with Crippen LogP contribution >= 0.6 is 0 Å². The molecule has 0 amide bonds. The van der Waals surface area contributed by atoms with Gasteiger partial charge in [0.25, 0.3) is 0 Å². The van der Waals surface area contributed by atoms with Gasteiger partial charge in [-0.25, -0.2) is 0 Å². The Labute approximate surface area is 189 Å². The first-order valence-corrected chi connectivity index (χ1v) is 10.8. The Kier molecular flexibility index (Phi) is 8.10. The number of nitrogens with zero attached hydrogens (tertiary/aromatic N) is 5. The summed E-state index contributed by atoms with van der Waals surface area (Å²) in [4.78, 5) is 19.8. The summed E-state index contributed by atoms with van der Waals surface area (Å²) in [6.07, 6.45) is 2.55. The summed E-state index contributed by atoms with van der Waals surface area (Å²) in [5.74, 6) is 1.72. The Morgan fingerprint density at radius 1 is 1.12 bits per heavy atom. The molecule has 32 heavy (non-hydrogen) atoms. The molecule has 3 aromatic rings. The second kappa shape index (κ2) is 11.2. The third-order valence-corrected chi connectivity index (χ3v) is 5.28. The van der Waals surface area contributed by atoms with Crippen LogP contribution in [0.1, 0.15) is 25.8 Å². The number of aliphatic hydroxyl groups excluding tert-OH is 1. The van der Waals surface area contributed by atoms with Gasteiger partial charge >= 0.3 is 0 Å². The maximum absolute atomic E-state index is 9.56. The summed E-state index contributed by atoms with van der Waals surface area (Å²) in [5, 5.41) is 16.1. The number of anilines is 3. The van der Waals surface area contributed by atoms with Crippen LogP contribution in [-0.2, 0) is 6.54 Å². The molecule has 0 aliphatic rings. The van der Waals surface area contributed by atoms with Gasteiger partial charge in [0, 0.05) is 31.9 Å². The molecule has 168 valence electrons. The van der Waals surface area contributed by atoms with Crippen molar-refractivity contribution < 1.29 is 5.11 Å². The van der Waals surface area contributed by atoms with Crippen molar-refractivity contribution in [2.24, 2.45) is 4.99 Å². The molecule has 0 spiro atoms. The number of aromatic nitrogens is 3. The first-order chi connectivity index (χ1) is 15.6. The number of aliphatic hydroxyl groups is 1. The van der Waals surface area contributed by atoms with Gasteiger partial charge in [-0.1, -0.05) is 37.3 Å². The topological polar surface area (TPSA) is 98.6 Å². The van der Waals surface area contributed by atoms with Crippen molar-refractivity contribution in [3.05, 3.63) is 54.2 Å². The van der Waals surface area contributed by atoms with Crippen molar-refractivity contribution in [2.45, 2.75) is 32.9 Å². The minimum atomic E-state index is -0.121. The van der Waals surface area contributed by atoms with Crippen molar-refractivity contribution in [1.82, 2.24) is 15.0 Å². The maximum atomic E-state index is 9.56. The molecule has 0 bridgehead atoms. The summed E-state index contributed by atoms with van der Waals surface area (Å²) >= 11 is 0. The molecule has 1 atom stereocenters. The first kappa shape index (κ1) is 23.1. The van der Waals surface area contributed by atoms with E-state index in [9.17, 15) is 5.11 Å². The van der Waals surface area contributed by atoms with Gasteiger partial charge in [0.1, 0.15) is 5.69 Å². The lowest BCUT2D eigenvalue weighted by molar-refractivity contribution is 0.271. The van der Waals surface area contributed by atoms with Crippen LogP contribution in [-0.4, -0.2) is 53.0 Å². The average Bonchev–Trinajstić information content (AvgIpc) is 2.85. The molecule has 0 unspecified atom stereocenters. The molecule has 0 fully saturated rings. The number of nitrogens with one attached hydrogen (secondary N) is 2. The molecule has 3 N–H and O–H groups in total. The highest BCUT2D eigenvalue weighted by atomic mass is 16.3. The molecule has 0 radical (unpaired) electrons. The molecule has 8 heteroatoms. The zero-order valence-corrected chi connectivity index (χ0v) is 18.9. The van der Waals surface area contributed by atoms with E-state index in [4.69, 9.17) is 0 Å². The van der Waals surface area contributed by atoms with E-state index >= 15 is 0 Å². The lowest BCUT2D eigenvalue weighted by Gasteiger charge is -2.22. The summed E-state index contributed by atoms with van der Waals surface area (Å²) in [6, 6.07) is 14.0. The number of hydrogen-bond acceptors (Lipinski definition) is 8. The monoisotopic (exact) mass is 433 g/mol. The molecule has 0 saturated carbocycles. The summed E-state index contributed by atoms with van der Waals surface area (Å²) in [5.41, 5.74) is 3.71. The standard InChI is InChI=1S/C24H31N7O/c1-5-19(16-32)28-24-29-22(21(25-3)23(30-24)31(4)6-2)27-15-17-10-12-18(13-11-17)20-9-7-8-14-26-20/h7-14,19,32H,3,5-6,15-16H2,1-2,4H3,(H2,27,28,29,30)/t19-/m0/s1. The van der Waals surface area contributed by atoms with Crippen molar-refractivity contribution in [1.29, 1.82) is 0 Å². The fourth-order valence-electron chi connectivity index (χ4n) is 3.16. The fraction of sp³-hybridized carbons (Fsp3) is 0.333. The molecule has 8 nitrogen and oxygen atoms in total. The summed E-state index contributed by atoms with van der Waals surface area (Å²) in [6.45, 7) is 9.09. The highest BCUT2D eigenvalue weighted by molar-refractivity contribution is 5.78. The maximum Gasteiger partial charge on any atom is 0.227 e. The van der Waals surface area contributed by atoms with Gasteiger partial charge in [-0.2, -0.15) is 9.97 Å². The largest absolute Gasteiger partial charge is 0.394 e. The van der Waals surface area contributed by atoms with Crippen molar-refractivity contribution in [2.75, 3.05) is 35.7 Å². The number of pyridine rings is 1. The SMILES string of the molecule is C=Nc1c(NCc2ccc(-c3ccccn3)cc2)nc(N[C@@H](CC)CO)nc1N(C)CC. The minimum Gasteiger partial charge on any atom is -0.394 e. The average molecular weight is 434 g/mol. The minimum absolute atomic E-state index is 0.00561. The van der Waals surface area contributed by atoms with Crippen molar-refractivity contribution in [3.8, 4) is 11.3 Å². The van der Waals surface area contributed by atoms with Gasteiger partial charge in [0.05, 0.1) is 18.3 Å². The predicted octanol–water partition coefficient (Wildman–Crippen LogP) is 4.12. The number of aliphatic imine (C=N–C) groups is 1. The molecule has 1 aromatic carbocycles. The molecule has 3 rings (SSSR count). The van der Waals surface area contributed by atoms with Crippen LogP contribution < -0.4 is 15.5 Å².